The zero-order valence-corrected chi connectivity index (χ0v) is 13.8. The third-order valence-corrected chi connectivity index (χ3v) is 6.81. The first-order valence-corrected chi connectivity index (χ1v) is 8.95. The van der Waals surface area contributed by atoms with E-state index < -0.39 is 0 Å². The summed E-state index contributed by atoms with van der Waals surface area (Å²) in [5.74, 6) is 2.32. The highest BCUT2D eigenvalue weighted by Crippen LogP contribution is 2.61. The van der Waals surface area contributed by atoms with Gasteiger partial charge in [-0.1, -0.05) is 6.07 Å². The molecule has 1 N–H and O–H groups in total. The molecule has 114 valence electrons. The number of aliphatic hydroxyl groups is 1. The fourth-order valence-electron chi connectivity index (χ4n) is 5.69. The molecule has 21 heavy (non-hydrogen) atoms. The van der Waals surface area contributed by atoms with Crippen LogP contribution in [0, 0.1) is 29.0 Å². The van der Waals surface area contributed by atoms with Crippen molar-refractivity contribution in [2.75, 3.05) is 0 Å². The number of hydrogen-bond donors (Lipinski definition) is 1. The zero-order chi connectivity index (χ0) is 14.6. The van der Waals surface area contributed by atoms with Crippen molar-refractivity contribution in [3.8, 4) is 0 Å². The maximum Gasteiger partial charge on any atom is 0.137 e. The molecule has 1 nitrogen and oxygen atoms in total. The van der Waals surface area contributed by atoms with E-state index in [0.717, 1.165) is 23.3 Å². The van der Waals surface area contributed by atoms with Gasteiger partial charge in [-0.3, -0.25) is 0 Å². The van der Waals surface area contributed by atoms with Gasteiger partial charge in [-0.25, -0.2) is 4.39 Å². The Labute approximate surface area is 134 Å². The summed E-state index contributed by atoms with van der Waals surface area (Å²) in [7, 11) is 0. The Morgan fingerprint density at radius 2 is 1.71 bits per heavy atom. The van der Waals surface area contributed by atoms with Crippen LogP contribution in [0.2, 0.25) is 0 Å². The van der Waals surface area contributed by atoms with Gasteiger partial charge >= 0.3 is 0 Å². The summed E-state index contributed by atoms with van der Waals surface area (Å²) in [5, 5.41) is 10.9. The van der Waals surface area contributed by atoms with Crippen LogP contribution in [0.5, 0.6) is 0 Å². The molecule has 4 aliphatic rings. The molecule has 0 saturated heterocycles. The standard InChI is InChI=1S/C18H22BrFO/c19-15-6-11(1-2-16(15)20)7-17(21)18-8-12-3-13(9-18)5-14(4-12)10-18/h1-2,6,12-14,17,21H,3-5,7-10H2. The van der Waals surface area contributed by atoms with Crippen LogP contribution >= 0.6 is 15.9 Å². The van der Waals surface area contributed by atoms with E-state index in [0.29, 0.717) is 10.9 Å². The molecule has 4 saturated carbocycles. The molecule has 0 radical (unpaired) electrons. The van der Waals surface area contributed by atoms with Gasteiger partial charge in [0.1, 0.15) is 5.82 Å². The van der Waals surface area contributed by atoms with Gasteiger partial charge in [0.2, 0.25) is 0 Å². The van der Waals surface area contributed by atoms with Gasteiger partial charge in [0.25, 0.3) is 0 Å². The predicted octanol–water partition coefficient (Wildman–Crippen LogP) is 4.71. The van der Waals surface area contributed by atoms with Crippen molar-refractivity contribution in [2.24, 2.45) is 23.2 Å². The number of halogens is 2. The Hall–Kier alpha value is -0.410. The van der Waals surface area contributed by atoms with Crippen molar-refractivity contribution in [3.63, 3.8) is 0 Å². The van der Waals surface area contributed by atoms with Crippen molar-refractivity contribution in [1.29, 1.82) is 0 Å². The van der Waals surface area contributed by atoms with Gasteiger partial charge in [0, 0.05) is 0 Å². The number of benzene rings is 1. The minimum absolute atomic E-state index is 0.148. The van der Waals surface area contributed by atoms with Gasteiger partial charge < -0.3 is 5.11 Å². The smallest absolute Gasteiger partial charge is 0.137 e. The van der Waals surface area contributed by atoms with E-state index in [-0.39, 0.29) is 17.3 Å². The summed E-state index contributed by atoms with van der Waals surface area (Å²) in [6.45, 7) is 0. The van der Waals surface area contributed by atoms with Crippen LogP contribution in [0.25, 0.3) is 0 Å². The third-order valence-electron chi connectivity index (χ3n) is 6.21. The lowest BCUT2D eigenvalue weighted by Gasteiger charge is -2.58. The summed E-state index contributed by atoms with van der Waals surface area (Å²) >= 11 is 3.24. The minimum atomic E-state index is -0.275. The summed E-state index contributed by atoms with van der Waals surface area (Å²) in [4.78, 5) is 0. The SMILES string of the molecule is OC(Cc1ccc(F)c(Br)c1)C12CC3CC(CC(C3)C1)C2. The minimum Gasteiger partial charge on any atom is -0.392 e. The molecule has 0 aromatic heterocycles. The highest BCUT2D eigenvalue weighted by Gasteiger charge is 2.53. The lowest BCUT2D eigenvalue weighted by molar-refractivity contribution is -0.119. The maximum absolute atomic E-state index is 13.3. The fourth-order valence-corrected chi connectivity index (χ4v) is 6.12. The van der Waals surface area contributed by atoms with E-state index in [9.17, 15) is 9.50 Å². The van der Waals surface area contributed by atoms with Crippen molar-refractivity contribution >= 4 is 15.9 Å². The van der Waals surface area contributed by atoms with Crippen molar-refractivity contribution in [2.45, 2.75) is 51.0 Å². The van der Waals surface area contributed by atoms with E-state index in [2.05, 4.69) is 15.9 Å². The molecule has 0 amide bonds. The molecule has 3 heteroatoms. The Kier molecular flexibility index (Phi) is 3.42. The van der Waals surface area contributed by atoms with Gasteiger partial charge in [-0.2, -0.15) is 0 Å². The second-order valence-electron chi connectivity index (χ2n) is 7.75. The molecule has 5 rings (SSSR count). The Balaban J connectivity index is 1.54. The van der Waals surface area contributed by atoms with E-state index in [1.807, 2.05) is 12.1 Å². The molecule has 1 aromatic carbocycles. The molecule has 4 bridgehead atoms. The van der Waals surface area contributed by atoms with Gasteiger partial charge in [-0.15, -0.1) is 0 Å². The molecule has 0 spiro atoms. The van der Waals surface area contributed by atoms with Crippen molar-refractivity contribution in [1.82, 2.24) is 0 Å². The average Bonchev–Trinajstić information content (AvgIpc) is 2.41. The predicted molar refractivity (Wildman–Crippen MR) is 84.4 cm³/mol. The molecular weight excluding hydrogens is 331 g/mol. The lowest BCUT2D eigenvalue weighted by Crippen LogP contribution is -2.52. The lowest BCUT2D eigenvalue weighted by atomic mass is 9.48. The fraction of sp³-hybridized carbons (Fsp3) is 0.667. The monoisotopic (exact) mass is 352 g/mol. The molecular formula is C18H22BrFO. The van der Waals surface area contributed by atoms with Crippen molar-refractivity contribution in [3.05, 3.63) is 34.1 Å². The molecule has 0 aliphatic heterocycles. The Morgan fingerprint density at radius 3 is 2.24 bits per heavy atom. The molecule has 1 atom stereocenters. The van der Waals surface area contributed by atoms with Crippen LogP contribution in [-0.2, 0) is 6.42 Å². The van der Waals surface area contributed by atoms with Gasteiger partial charge in [-0.05, 0) is 102 Å². The van der Waals surface area contributed by atoms with E-state index in [4.69, 9.17) is 0 Å². The second-order valence-corrected chi connectivity index (χ2v) is 8.60. The number of hydrogen-bond acceptors (Lipinski definition) is 1. The summed E-state index contributed by atoms with van der Waals surface area (Å²) < 4.78 is 13.8. The quantitative estimate of drug-likeness (QED) is 0.835. The largest absolute Gasteiger partial charge is 0.392 e. The number of aliphatic hydroxyl groups excluding tert-OH is 1. The molecule has 1 aromatic rings. The highest BCUT2D eigenvalue weighted by molar-refractivity contribution is 9.10. The van der Waals surface area contributed by atoms with Crippen LogP contribution in [0.15, 0.2) is 22.7 Å². The van der Waals surface area contributed by atoms with Crippen LogP contribution < -0.4 is 0 Å². The van der Waals surface area contributed by atoms with Crippen LogP contribution in [0.3, 0.4) is 0 Å². The third kappa shape index (κ3) is 2.46. The molecule has 4 aliphatic carbocycles. The summed E-state index contributed by atoms with van der Waals surface area (Å²) in [6, 6.07) is 5.12. The Bertz CT molecular complexity index is 521. The first-order valence-electron chi connectivity index (χ1n) is 8.16. The van der Waals surface area contributed by atoms with Crippen LogP contribution in [0.1, 0.15) is 44.1 Å². The van der Waals surface area contributed by atoms with E-state index in [1.54, 1.807) is 0 Å². The molecule has 1 unspecified atom stereocenters. The van der Waals surface area contributed by atoms with Crippen molar-refractivity contribution < 1.29 is 9.50 Å². The van der Waals surface area contributed by atoms with Crippen LogP contribution in [0.4, 0.5) is 4.39 Å². The van der Waals surface area contributed by atoms with Gasteiger partial charge in [0.05, 0.1) is 10.6 Å². The summed E-state index contributed by atoms with van der Waals surface area (Å²) in [6.07, 6.45) is 8.21. The first kappa shape index (κ1) is 14.2. The maximum atomic E-state index is 13.3. The first-order chi connectivity index (χ1) is 10.0. The molecule has 4 fully saturated rings. The topological polar surface area (TPSA) is 20.2 Å². The van der Waals surface area contributed by atoms with E-state index >= 15 is 0 Å². The molecule has 0 heterocycles. The zero-order valence-electron chi connectivity index (χ0n) is 12.2. The van der Waals surface area contributed by atoms with E-state index in [1.165, 1.54) is 44.6 Å². The summed E-state index contributed by atoms with van der Waals surface area (Å²) in [5.41, 5.74) is 1.18. The highest BCUT2D eigenvalue weighted by atomic mass is 79.9. The number of rotatable bonds is 3. The Morgan fingerprint density at radius 1 is 1.14 bits per heavy atom. The normalized spacial score (nSPS) is 38.7. The average molecular weight is 353 g/mol. The van der Waals surface area contributed by atoms with Gasteiger partial charge in [0.15, 0.2) is 0 Å². The van der Waals surface area contributed by atoms with Crippen LogP contribution in [-0.4, -0.2) is 11.2 Å². The second kappa shape index (κ2) is 5.06.